The molecule has 0 saturated heterocycles. The fourth-order valence-corrected chi connectivity index (χ4v) is 2.02. The Balaban J connectivity index is 2.22. The van der Waals surface area contributed by atoms with E-state index in [1.54, 1.807) is 18.2 Å². The minimum absolute atomic E-state index is 0.179. The van der Waals surface area contributed by atoms with E-state index in [1.165, 1.54) is 19.3 Å². The molecule has 120 valence electrons. The second-order valence-electron chi connectivity index (χ2n) is 4.67. The van der Waals surface area contributed by atoms with Crippen LogP contribution in [0.3, 0.4) is 0 Å². The number of benzene rings is 2. The smallest absolute Gasteiger partial charge is 0.188 e. The van der Waals surface area contributed by atoms with Crippen molar-refractivity contribution in [3.05, 3.63) is 65.2 Å². The number of hydrogen-bond donors (Lipinski definition) is 0. The average molecular weight is 318 g/mol. The van der Waals surface area contributed by atoms with Gasteiger partial charge in [-0.1, -0.05) is 12.1 Å². The summed E-state index contributed by atoms with van der Waals surface area (Å²) in [6, 6.07) is 8.02. The summed E-state index contributed by atoms with van der Waals surface area (Å²) in [6.45, 7) is 2.33. The van der Waals surface area contributed by atoms with Crippen molar-refractivity contribution in [2.75, 3.05) is 13.7 Å². The van der Waals surface area contributed by atoms with Crippen molar-refractivity contribution >= 4 is 11.9 Å². The van der Waals surface area contributed by atoms with Crippen molar-refractivity contribution in [1.82, 2.24) is 0 Å². The lowest BCUT2D eigenvalue weighted by Crippen LogP contribution is -1.99. The first kappa shape index (κ1) is 16.7. The summed E-state index contributed by atoms with van der Waals surface area (Å²) in [5, 5.41) is 0. The lowest BCUT2D eigenvalue weighted by Gasteiger charge is -2.09. The highest BCUT2D eigenvalue weighted by molar-refractivity contribution is 6.07. The molecular weight excluding hydrogens is 302 g/mol. The van der Waals surface area contributed by atoms with Crippen LogP contribution in [0.15, 0.2) is 42.5 Å². The molecule has 2 rings (SSSR count). The monoisotopic (exact) mass is 318 g/mol. The van der Waals surface area contributed by atoms with Crippen molar-refractivity contribution < 1.29 is 23.0 Å². The molecule has 5 heteroatoms. The molecular formula is C18H16F2O3. The van der Waals surface area contributed by atoms with Crippen LogP contribution in [0.25, 0.3) is 6.08 Å². The van der Waals surface area contributed by atoms with Crippen molar-refractivity contribution in [2.45, 2.75) is 6.92 Å². The molecule has 0 radical (unpaired) electrons. The molecule has 0 aliphatic rings. The minimum atomic E-state index is -0.885. The summed E-state index contributed by atoms with van der Waals surface area (Å²) < 4.78 is 37.0. The van der Waals surface area contributed by atoms with Gasteiger partial charge in [0.1, 0.15) is 11.6 Å². The van der Waals surface area contributed by atoms with Crippen LogP contribution in [0, 0.1) is 11.6 Å². The van der Waals surface area contributed by atoms with Crippen LogP contribution >= 0.6 is 0 Å². The molecule has 3 nitrogen and oxygen atoms in total. The van der Waals surface area contributed by atoms with Gasteiger partial charge in [-0.2, -0.15) is 0 Å². The van der Waals surface area contributed by atoms with E-state index >= 15 is 0 Å². The first-order chi connectivity index (χ1) is 11.0. The highest BCUT2D eigenvalue weighted by atomic mass is 19.1. The number of ether oxygens (including phenoxy) is 2. The van der Waals surface area contributed by atoms with Crippen LogP contribution < -0.4 is 9.47 Å². The predicted molar refractivity (Wildman–Crippen MR) is 83.9 cm³/mol. The lowest BCUT2D eigenvalue weighted by atomic mass is 10.1. The molecule has 2 aromatic rings. The van der Waals surface area contributed by atoms with Gasteiger partial charge in [-0.05, 0) is 42.8 Å². The Kier molecular flexibility index (Phi) is 5.46. The Morgan fingerprint density at radius 2 is 1.91 bits per heavy atom. The van der Waals surface area contributed by atoms with E-state index in [9.17, 15) is 13.6 Å². The molecule has 0 unspecified atom stereocenters. The third-order valence-corrected chi connectivity index (χ3v) is 3.11. The number of hydrogen-bond acceptors (Lipinski definition) is 3. The quantitative estimate of drug-likeness (QED) is 0.589. The summed E-state index contributed by atoms with van der Waals surface area (Å²) in [5.41, 5.74) is 0.520. The standard InChI is InChI=1S/C18H16F2O3/c1-3-23-18-10-12(5-9-17(18)22-2)4-8-16(21)14-7-6-13(19)11-15(14)20/h4-11H,3H2,1-2H3. The van der Waals surface area contributed by atoms with Gasteiger partial charge in [-0.25, -0.2) is 8.78 Å². The van der Waals surface area contributed by atoms with E-state index < -0.39 is 17.4 Å². The van der Waals surface area contributed by atoms with E-state index in [2.05, 4.69) is 0 Å². The van der Waals surface area contributed by atoms with E-state index in [4.69, 9.17) is 9.47 Å². The third-order valence-electron chi connectivity index (χ3n) is 3.11. The minimum Gasteiger partial charge on any atom is -0.493 e. The molecule has 0 spiro atoms. The number of ketones is 1. The molecule has 0 atom stereocenters. The van der Waals surface area contributed by atoms with Gasteiger partial charge in [-0.3, -0.25) is 4.79 Å². The molecule has 0 amide bonds. The molecule has 0 N–H and O–H groups in total. The van der Waals surface area contributed by atoms with Gasteiger partial charge >= 0.3 is 0 Å². The van der Waals surface area contributed by atoms with Gasteiger partial charge in [0.05, 0.1) is 19.3 Å². The van der Waals surface area contributed by atoms with Gasteiger partial charge in [0, 0.05) is 6.07 Å². The molecule has 0 aromatic heterocycles. The maximum atomic E-state index is 13.6. The van der Waals surface area contributed by atoms with E-state index in [-0.39, 0.29) is 5.56 Å². The normalized spacial score (nSPS) is 10.8. The summed E-state index contributed by atoms with van der Waals surface area (Å²) in [7, 11) is 1.54. The molecule has 0 fully saturated rings. The van der Waals surface area contributed by atoms with Gasteiger partial charge in [0.15, 0.2) is 17.3 Å². The maximum absolute atomic E-state index is 13.6. The largest absolute Gasteiger partial charge is 0.493 e. The van der Waals surface area contributed by atoms with Crippen molar-refractivity contribution in [2.24, 2.45) is 0 Å². The zero-order valence-corrected chi connectivity index (χ0v) is 12.8. The fraction of sp³-hybridized carbons (Fsp3) is 0.167. The van der Waals surface area contributed by atoms with Crippen molar-refractivity contribution in [3.63, 3.8) is 0 Å². The number of methoxy groups -OCH3 is 1. The van der Waals surface area contributed by atoms with E-state index in [0.717, 1.165) is 12.1 Å². The van der Waals surface area contributed by atoms with Gasteiger partial charge in [0.2, 0.25) is 0 Å². The topological polar surface area (TPSA) is 35.5 Å². The van der Waals surface area contributed by atoms with Crippen LogP contribution in [0.1, 0.15) is 22.8 Å². The SMILES string of the molecule is CCOc1cc(C=CC(=O)c2ccc(F)cc2F)ccc1OC. The van der Waals surface area contributed by atoms with Crippen LogP contribution in [0.4, 0.5) is 8.78 Å². The van der Waals surface area contributed by atoms with Gasteiger partial charge < -0.3 is 9.47 Å². The zero-order chi connectivity index (χ0) is 16.8. The van der Waals surface area contributed by atoms with E-state index in [1.807, 2.05) is 6.92 Å². The lowest BCUT2D eigenvalue weighted by molar-refractivity contribution is 0.104. The number of allylic oxidation sites excluding steroid dienone is 1. The Bertz CT molecular complexity index is 739. The first-order valence-corrected chi connectivity index (χ1v) is 7.03. The Morgan fingerprint density at radius 1 is 1.13 bits per heavy atom. The van der Waals surface area contributed by atoms with Crippen molar-refractivity contribution in [1.29, 1.82) is 0 Å². The van der Waals surface area contributed by atoms with E-state index in [0.29, 0.717) is 29.7 Å². The number of halogens is 2. The molecule has 0 heterocycles. The second kappa shape index (κ2) is 7.54. The average Bonchev–Trinajstić information content (AvgIpc) is 2.53. The number of carbonyl (C=O) groups is 1. The third kappa shape index (κ3) is 4.16. The van der Waals surface area contributed by atoms with Gasteiger partial charge in [-0.15, -0.1) is 0 Å². The molecule has 0 bridgehead atoms. The Morgan fingerprint density at radius 3 is 2.57 bits per heavy atom. The Hall–Kier alpha value is -2.69. The van der Waals surface area contributed by atoms with Crippen molar-refractivity contribution in [3.8, 4) is 11.5 Å². The Labute approximate surface area is 133 Å². The fourth-order valence-electron chi connectivity index (χ4n) is 2.02. The molecule has 0 aliphatic carbocycles. The number of rotatable bonds is 6. The first-order valence-electron chi connectivity index (χ1n) is 7.03. The molecule has 2 aromatic carbocycles. The summed E-state index contributed by atoms with van der Waals surface area (Å²) >= 11 is 0. The molecule has 0 aliphatic heterocycles. The number of carbonyl (C=O) groups excluding carboxylic acids is 1. The zero-order valence-electron chi connectivity index (χ0n) is 12.8. The second-order valence-corrected chi connectivity index (χ2v) is 4.67. The van der Waals surface area contributed by atoms with Crippen LogP contribution in [-0.2, 0) is 0 Å². The predicted octanol–water partition coefficient (Wildman–Crippen LogP) is 4.27. The van der Waals surface area contributed by atoms with Gasteiger partial charge in [0.25, 0.3) is 0 Å². The summed E-state index contributed by atoms with van der Waals surface area (Å²) in [5.74, 6) is -1.02. The summed E-state index contributed by atoms with van der Waals surface area (Å²) in [4.78, 5) is 12.0. The van der Waals surface area contributed by atoms with Crippen LogP contribution in [0.2, 0.25) is 0 Å². The highest BCUT2D eigenvalue weighted by Crippen LogP contribution is 2.28. The maximum Gasteiger partial charge on any atom is 0.188 e. The molecule has 23 heavy (non-hydrogen) atoms. The van der Waals surface area contributed by atoms with Crippen LogP contribution in [-0.4, -0.2) is 19.5 Å². The molecule has 0 saturated carbocycles. The highest BCUT2D eigenvalue weighted by Gasteiger charge is 2.10. The van der Waals surface area contributed by atoms with Crippen LogP contribution in [0.5, 0.6) is 11.5 Å². The summed E-state index contributed by atoms with van der Waals surface area (Å²) in [6.07, 6.45) is 2.76.